The van der Waals surface area contributed by atoms with E-state index in [9.17, 15) is 27.6 Å². The van der Waals surface area contributed by atoms with E-state index in [-0.39, 0.29) is 37.1 Å². The molecule has 0 bridgehead atoms. The van der Waals surface area contributed by atoms with E-state index in [1.165, 1.54) is 30.3 Å². The Bertz CT molecular complexity index is 1830. The highest BCUT2D eigenvalue weighted by Gasteiger charge is 2.43. The van der Waals surface area contributed by atoms with Crippen molar-refractivity contribution in [1.29, 1.82) is 0 Å². The highest BCUT2D eigenvalue weighted by atomic mass is 19.1. The summed E-state index contributed by atoms with van der Waals surface area (Å²) < 4.78 is 55.1. The van der Waals surface area contributed by atoms with Crippen molar-refractivity contribution in [3.8, 4) is 11.1 Å². The van der Waals surface area contributed by atoms with Gasteiger partial charge < -0.3 is 20.1 Å². The number of halogens is 3. The van der Waals surface area contributed by atoms with E-state index in [1.807, 2.05) is 30.3 Å². The lowest BCUT2D eigenvalue weighted by molar-refractivity contribution is -0.126. The summed E-state index contributed by atoms with van der Waals surface area (Å²) in [7, 11) is 1.38. The molecular formula is C38H39F3N4O5. The largest absolute Gasteiger partial charge is 0.444 e. The van der Waals surface area contributed by atoms with Gasteiger partial charge in [0.1, 0.15) is 29.1 Å². The molecule has 1 aliphatic rings. The number of carbonyl (C=O) groups excluding carboxylic acids is 3. The molecule has 1 aromatic heterocycles. The van der Waals surface area contributed by atoms with Crippen molar-refractivity contribution in [3.63, 3.8) is 0 Å². The first-order valence-corrected chi connectivity index (χ1v) is 16.2. The third-order valence-electron chi connectivity index (χ3n) is 8.12. The molecule has 2 N–H and O–H groups in total. The van der Waals surface area contributed by atoms with Gasteiger partial charge >= 0.3 is 6.09 Å². The Labute approximate surface area is 288 Å². The van der Waals surface area contributed by atoms with Crippen LogP contribution in [0.4, 0.5) is 18.0 Å². The number of pyridine rings is 1. The van der Waals surface area contributed by atoms with Crippen molar-refractivity contribution in [2.45, 2.75) is 64.0 Å². The first-order chi connectivity index (χ1) is 23.8. The van der Waals surface area contributed by atoms with Crippen LogP contribution in [0, 0.1) is 17.5 Å². The van der Waals surface area contributed by atoms with E-state index in [4.69, 9.17) is 9.47 Å². The summed E-state index contributed by atoms with van der Waals surface area (Å²) >= 11 is 0. The van der Waals surface area contributed by atoms with Crippen LogP contribution in [0.25, 0.3) is 11.1 Å². The minimum Gasteiger partial charge on any atom is -0.444 e. The predicted octanol–water partition coefficient (Wildman–Crippen LogP) is 6.52. The van der Waals surface area contributed by atoms with Gasteiger partial charge in [-0.25, -0.2) is 18.0 Å². The normalized spacial score (nSPS) is 16.5. The van der Waals surface area contributed by atoms with Gasteiger partial charge in [-0.2, -0.15) is 0 Å². The van der Waals surface area contributed by atoms with Crippen LogP contribution in [-0.4, -0.2) is 59.1 Å². The average molecular weight is 689 g/mol. The second kappa shape index (κ2) is 15.5. The fourth-order valence-corrected chi connectivity index (χ4v) is 5.87. The fraction of sp³-hybridized carbons (Fsp3) is 0.316. The molecule has 3 aromatic carbocycles. The number of carbonyl (C=O) groups is 3. The molecule has 0 spiro atoms. The molecule has 1 fully saturated rings. The van der Waals surface area contributed by atoms with E-state index in [1.54, 1.807) is 32.9 Å². The van der Waals surface area contributed by atoms with Crippen molar-refractivity contribution >= 4 is 17.9 Å². The minimum absolute atomic E-state index is 0.0896. The summed E-state index contributed by atoms with van der Waals surface area (Å²) in [6.45, 7) is 5.53. The van der Waals surface area contributed by atoms with Crippen LogP contribution in [0.1, 0.15) is 60.4 Å². The zero-order valence-corrected chi connectivity index (χ0v) is 28.2. The number of amides is 3. The van der Waals surface area contributed by atoms with Crippen molar-refractivity contribution in [3.05, 3.63) is 125 Å². The number of rotatable bonds is 10. The third kappa shape index (κ3) is 9.06. The van der Waals surface area contributed by atoms with Crippen molar-refractivity contribution in [2.75, 3.05) is 13.6 Å². The lowest BCUT2D eigenvalue weighted by atomic mass is 9.94. The van der Waals surface area contributed by atoms with Gasteiger partial charge in [0, 0.05) is 31.3 Å². The predicted molar refractivity (Wildman–Crippen MR) is 180 cm³/mol. The van der Waals surface area contributed by atoms with Crippen LogP contribution in [-0.2, 0) is 27.3 Å². The maximum atomic E-state index is 14.6. The van der Waals surface area contributed by atoms with Crippen LogP contribution >= 0.6 is 0 Å². The Morgan fingerprint density at radius 3 is 2.34 bits per heavy atom. The molecule has 0 aliphatic carbocycles. The molecule has 12 heteroatoms. The molecule has 262 valence electrons. The van der Waals surface area contributed by atoms with Crippen LogP contribution in [0.2, 0.25) is 0 Å². The number of ether oxygens (including phenoxy) is 2. The number of nitrogens with zero attached hydrogens (tertiary/aromatic N) is 2. The van der Waals surface area contributed by atoms with Crippen molar-refractivity contribution in [2.24, 2.45) is 0 Å². The Hall–Kier alpha value is -5.23. The molecule has 0 saturated carbocycles. The number of hydrogen-bond donors (Lipinski definition) is 2. The van der Waals surface area contributed by atoms with Crippen molar-refractivity contribution in [1.82, 2.24) is 20.5 Å². The Balaban J connectivity index is 1.50. The second-order valence-corrected chi connectivity index (χ2v) is 13.1. The Morgan fingerprint density at radius 1 is 0.940 bits per heavy atom. The summed E-state index contributed by atoms with van der Waals surface area (Å²) in [4.78, 5) is 45.9. The number of nitrogens with one attached hydrogen (secondary N) is 2. The maximum absolute atomic E-state index is 14.6. The van der Waals surface area contributed by atoms with Crippen LogP contribution in [0.5, 0.6) is 0 Å². The van der Waals surface area contributed by atoms with Crippen LogP contribution in [0.3, 0.4) is 0 Å². The first-order valence-electron chi connectivity index (χ1n) is 16.2. The smallest absolute Gasteiger partial charge is 0.411 e. The molecule has 9 nitrogen and oxygen atoms in total. The standard InChI is InChI=1S/C38H39F3N4O5/c1-38(2,3)50-37(48)45-21-28(49-22-23-9-6-5-7-10-23)20-33(45)36(47)44-32(17-24-15-26(39)19-27(40)16-24)34-29(11-8-14-43-34)25-12-13-31(41)30(18-25)35(46)42-4/h5-16,18-19,28,32-33H,17,20-22H2,1-4H3,(H,42,46)(H,44,47)/t28-,32+,33+/m1/s1. The lowest BCUT2D eigenvalue weighted by Gasteiger charge is -2.29. The number of hydrogen-bond acceptors (Lipinski definition) is 6. The molecule has 3 amide bonds. The third-order valence-corrected chi connectivity index (χ3v) is 8.12. The molecule has 1 aliphatic heterocycles. The summed E-state index contributed by atoms with van der Waals surface area (Å²) in [6.07, 6.45) is 0.354. The van der Waals surface area contributed by atoms with E-state index >= 15 is 0 Å². The number of aromatic nitrogens is 1. The zero-order valence-electron chi connectivity index (χ0n) is 28.2. The van der Waals surface area contributed by atoms with Gasteiger partial charge in [-0.3, -0.25) is 19.5 Å². The molecule has 4 aromatic rings. The summed E-state index contributed by atoms with van der Waals surface area (Å²) in [5.74, 6) is -3.53. The zero-order chi connectivity index (χ0) is 36.0. The van der Waals surface area contributed by atoms with Gasteiger partial charge in [-0.15, -0.1) is 0 Å². The van der Waals surface area contributed by atoms with Gasteiger partial charge in [0.2, 0.25) is 5.91 Å². The molecule has 5 rings (SSSR count). The first kappa shape index (κ1) is 36.1. The summed E-state index contributed by atoms with van der Waals surface area (Å²) in [5.41, 5.74) is 1.27. The number of benzene rings is 3. The number of likely N-dealkylation sites (tertiary alicyclic amines) is 1. The SMILES string of the molecule is CNC(=O)c1cc(-c2cccnc2[C@H](Cc2cc(F)cc(F)c2)NC(=O)[C@@H]2C[C@@H](OCc3ccccc3)CN2C(=O)OC(C)(C)C)ccc1F. The Morgan fingerprint density at radius 2 is 1.66 bits per heavy atom. The topological polar surface area (TPSA) is 110 Å². The lowest BCUT2D eigenvalue weighted by Crippen LogP contribution is -2.48. The second-order valence-electron chi connectivity index (χ2n) is 13.1. The molecule has 3 atom stereocenters. The highest BCUT2D eigenvalue weighted by molar-refractivity contribution is 5.95. The Kier molecular flexibility index (Phi) is 11.2. The van der Waals surface area contributed by atoms with Gasteiger partial charge in [0.15, 0.2) is 0 Å². The quantitative estimate of drug-likeness (QED) is 0.196. The highest BCUT2D eigenvalue weighted by Crippen LogP contribution is 2.32. The molecular weight excluding hydrogens is 649 g/mol. The van der Waals surface area contributed by atoms with Gasteiger partial charge in [0.25, 0.3) is 5.91 Å². The molecule has 50 heavy (non-hydrogen) atoms. The molecule has 0 radical (unpaired) electrons. The monoisotopic (exact) mass is 688 g/mol. The van der Waals surface area contributed by atoms with E-state index in [2.05, 4.69) is 15.6 Å². The summed E-state index contributed by atoms with van der Waals surface area (Å²) in [5, 5.41) is 5.38. The fourth-order valence-electron chi connectivity index (χ4n) is 5.87. The van der Waals surface area contributed by atoms with Crippen LogP contribution < -0.4 is 10.6 Å². The van der Waals surface area contributed by atoms with Gasteiger partial charge in [0.05, 0.1) is 36.6 Å². The molecule has 1 saturated heterocycles. The maximum Gasteiger partial charge on any atom is 0.411 e. The molecule has 0 unspecified atom stereocenters. The molecule has 2 heterocycles. The van der Waals surface area contributed by atoms with Crippen molar-refractivity contribution < 1.29 is 37.0 Å². The van der Waals surface area contributed by atoms with Crippen LogP contribution in [0.15, 0.2) is 85.1 Å². The van der Waals surface area contributed by atoms with E-state index in [0.717, 1.165) is 29.8 Å². The van der Waals surface area contributed by atoms with E-state index < -0.39 is 59.1 Å². The van der Waals surface area contributed by atoms with Gasteiger partial charge in [-0.05, 0) is 74.2 Å². The minimum atomic E-state index is -1.02. The summed E-state index contributed by atoms with van der Waals surface area (Å²) in [6, 6.07) is 17.8. The van der Waals surface area contributed by atoms with E-state index in [0.29, 0.717) is 16.8 Å². The average Bonchev–Trinajstić information content (AvgIpc) is 3.51. The van der Waals surface area contributed by atoms with Gasteiger partial charge in [-0.1, -0.05) is 42.5 Å².